The van der Waals surface area contributed by atoms with E-state index in [9.17, 15) is 13.6 Å². The minimum absolute atomic E-state index is 0.118. The molecule has 1 amide bonds. The molecule has 0 unspecified atom stereocenters. The molecule has 0 radical (unpaired) electrons. The Morgan fingerprint density at radius 2 is 1.50 bits per heavy atom. The van der Waals surface area contributed by atoms with Gasteiger partial charge in [-0.2, -0.15) is 0 Å². The molecule has 2 nitrogen and oxygen atoms in total. The molecule has 1 aliphatic heterocycles. The van der Waals surface area contributed by atoms with Crippen molar-refractivity contribution in [1.29, 1.82) is 0 Å². The third kappa shape index (κ3) is 2.47. The van der Waals surface area contributed by atoms with Gasteiger partial charge in [-0.25, -0.2) is 8.78 Å². The van der Waals surface area contributed by atoms with E-state index in [-0.39, 0.29) is 18.7 Å². The van der Waals surface area contributed by atoms with E-state index in [2.05, 4.69) is 25.2 Å². The van der Waals surface area contributed by atoms with E-state index < -0.39 is 11.5 Å². The van der Waals surface area contributed by atoms with E-state index >= 15 is 0 Å². The number of halogens is 2. The number of alkyl halides is 2. The van der Waals surface area contributed by atoms with Crippen LogP contribution in [0.25, 0.3) is 5.57 Å². The lowest BCUT2D eigenvalue weighted by molar-refractivity contribution is -0.117. The monoisotopic (exact) mass is 333 g/mol. The van der Waals surface area contributed by atoms with Gasteiger partial charge in [0.2, 0.25) is 5.92 Å². The zero-order valence-electron chi connectivity index (χ0n) is 15.1. The Bertz CT molecular complexity index is 751. The second-order valence-electron chi connectivity index (χ2n) is 7.53. The highest BCUT2D eigenvalue weighted by Gasteiger charge is 2.49. The van der Waals surface area contributed by atoms with E-state index in [1.54, 1.807) is 0 Å². The van der Waals surface area contributed by atoms with Gasteiger partial charge in [0.15, 0.2) is 0 Å². The minimum atomic E-state index is -2.61. The summed E-state index contributed by atoms with van der Waals surface area (Å²) in [5, 5.41) is 3.05. The highest BCUT2D eigenvalue weighted by Crippen LogP contribution is 2.47. The van der Waals surface area contributed by atoms with Crippen molar-refractivity contribution in [2.45, 2.75) is 71.8 Å². The largest absolute Gasteiger partial charge is 0.343 e. The molecule has 0 saturated heterocycles. The van der Waals surface area contributed by atoms with E-state index in [4.69, 9.17) is 0 Å². The highest BCUT2D eigenvalue weighted by atomic mass is 19.3. The average Bonchev–Trinajstić information content (AvgIpc) is 2.73. The number of aryl methyl sites for hydroxylation is 2. The van der Waals surface area contributed by atoms with E-state index in [0.717, 1.165) is 22.3 Å². The number of benzene rings is 1. The molecule has 3 rings (SSSR count). The molecule has 1 heterocycles. The molecule has 1 aromatic rings. The van der Waals surface area contributed by atoms with Gasteiger partial charge in [-0.15, -0.1) is 0 Å². The number of hydrogen-bond acceptors (Lipinski definition) is 1. The Balaban J connectivity index is 2.12. The van der Waals surface area contributed by atoms with Gasteiger partial charge in [0, 0.05) is 18.4 Å². The summed E-state index contributed by atoms with van der Waals surface area (Å²) >= 11 is 0. The van der Waals surface area contributed by atoms with Crippen LogP contribution in [0.5, 0.6) is 0 Å². The van der Waals surface area contributed by atoms with Crippen LogP contribution in [-0.4, -0.2) is 17.4 Å². The molecule has 4 heteroatoms. The van der Waals surface area contributed by atoms with Crippen LogP contribution < -0.4 is 5.32 Å². The van der Waals surface area contributed by atoms with Crippen LogP contribution in [0.1, 0.15) is 60.4 Å². The van der Waals surface area contributed by atoms with Gasteiger partial charge < -0.3 is 5.32 Å². The fourth-order valence-electron chi connectivity index (χ4n) is 4.30. The summed E-state index contributed by atoms with van der Waals surface area (Å²) in [4.78, 5) is 12.8. The molecule has 1 aromatic carbocycles. The Kier molecular flexibility index (Phi) is 3.85. The Morgan fingerprint density at radius 3 is 2.08 bits per heavy atom. The van der Waals surface area contributed by atoms with Crippen LogP contribution in [0.2, 0.25) is 0 Å². The van der Waals surface area contributed by atoms with E-state index in [0.29, 0.717) is 18.4 Å². The van der Waals surface area contributed by atoms with Crippen molar-refractivity contribution in [2.24, 2.45) is 0 Å². The van der Waals surface area contributed by atoms with Gasteiger partial charge in [0.25, 0.3) is 5.91 Å². The third-order valence-electron chi connectivity index (χ3n) is 6.11. The van der Waals surface area contributed by atoms with Crippen LogP contribution in [0, 0.1) is 27.7 Å². The number of carbonyl (C=O) groups excluding carboxylic acids is 1. The maximum Gasteiger partial charge on any atom is 0.252 e. The molecule has 1 aliphatic carbocycles. The Morgan fingerprint density at radius 1 is 0.917 bits per heavy atom. The first kappa shape index (κ1) is 17.1. The average molecular weight is 333 g/mol. The van der Waals surface area contributed by atoms with Gasteiger partial charge >= 0.3 is 0 Å². The van der Waals surface area contributed by atoms with Crippen LogP contribution in [-0.2, 0) is 4.79 Å². The molecule has 2 aliphatic rings. The molecule has 0 aromatic heterocycles. The van der Waals surface area contributed by atoms with Crippen molar-refractivity contribution in [3.8, 4) is 0 Å². The lowest BCUT2D eigenvalue weighted by Crippen LogP contribution is -2.49. The van der Waals surface area contributed by atoms with Gasteiger partial charge in [-0.1, -0.05) is 6.07 Å². The standard InChI is InChI=1S/C20H25F2NO/c1-11-10-12(2)16(14(4)13(11)3)17-15(5)19(23-18(17)24)6-8-20(21,22)9-7-19/h10H,6-9H2,1-5H3,(H,23,24). The molecular weight excluding hydrogens is 308 g/mol. The molecule has 1 N–H and O–H groups in total. The summed E-state index contributed by atoms with van der Waals surface area (Å²) in [6, 6.07) is 2.10. The maximum absolute atomic E-state index is 13.6. The fraction of sp³-hybridized carbons (Fsp3) is 0.550. The molecule has 130 valence electrons. The van der Waals surface area contributed by atoms with Gasteiger partial charge in [0.05, 0.1) is 5.54 Å². The van der Waals surface area contributed by atoms with Gasteiger partial charge in [0.1, 0.15) is 0 Å². The zero-order chi connectivity index (χ0) is 17.9. The third-order valence-corrected chi connectivity index (χ3v) is 6.11. The molecule has 1 spiro atoms. The fourth-order valence-corrected chi connectivity index (χ4v) is 4.30. The lowest BCUT2D eigenvalue weighted by Gasteiger charge is -2.38. The summed E-state index contributed by atoms with van der Waals surface area (Å²) < 4.78 is 27.2. The summed E-state index contributed by atoms with van der Waals surface area (Å²) in [6.45, 7) is 10.1. The first-order chi connectivity index (χ1) is 11.1. The number of rotatable bonds is 1. The number of carbonyl (C=O) groups is 1. The van der Waals surface area contributed by atoms with Crippen molar-refractivity contribution in [3.05, 3.63) is 39.5 Å². The van der Waals surface area contributed by atoms with Gasteiger partial charge in [-0.05, 0) is 80.9 Å². The maximum atomic E-state index is 13.6. The van der Waals surface area contributed by atoms with Gasteiger partial charge in [-0.3, -0.25) is 4.79 Å². The highest BCUT2D eigenvalue weighted by molar-refractivity contribution is 6.24. The molecule has 0 bridgehead atoms. The predicted molar refractivity (Wildman–Crippen MR) is 92.3 cm³/mol. The minimum Gasteiger partial charge on any atom is -0.343 e. The normalized spacial score (nSPS) is 22.2. The van der Waals surface area contributed by atoms with Crippen LogP contribution in [0.3, 0.4) is 0 Å². The van der Waals surface area contributed by atoms with Crippen LogP contribution in [0.15, 0.2) is 11.6 Å². The number of nitrogens with one attached hydrogen (secondary N) is 1. The molecule has 0 atom stereocenters. The second kappa shape index (κ2) is 5.40. The predicted octanol–water partition coefficient (Wildman–Crippen LogP) is 4.77. The van der Waals surface area contributed by atoms with Crippen LogP contribution >= 0.6 is 0 Å². The Hall–Kier alpha value is -1.71. The van der Waals surface area contributed by atoms with Crippen LogP contribution in [0.4, 0.5) is 8.78 Å². The van der Waals surface area contributed by atoms with E-state index in [1.165, 1.54) is 11.1 Å². The first-order valence-electron chi connectivity index (χ1n) is 8.57. The van der Waals surface area contributed by atoms with Crippen molar-refractivity contribution >= 4 is 11.5 Å². The van der Waals surface area contributed by atoms with Crippen molar-refractivity contribution in [3.63, 3.8) is 0 Å². The SMILES string of the molecule is CC1=C(c2c(C)cc(C)c(C)c2C)C(=O)NC12CCC(F)(F)CC2. The quantitative estimate of drug-likeness (QED) is 0.788. The molecule has 1 saturated carbocycles. The summed E-state index contributed by atoms with van der Waals surface area (Å²) in [5.74, 6) is -2.72. The van der Waals surface area contributed by atoms with Crippen molar-refractivity contribution < 1.29 is 13.6 Å². The zero-order valence-corrected chi connectivity index (χ0v) is 15.1. The second-order valence-corrected chi connectivity index (χ2v) is 7.53. The summed E-state index contributed by atoms with van der Waals surface area (Å²) in [5.41, 5.74) is 6.56. The number of hydrogen-bond donors (Lipinski definition) is 1. The lowest BCUT2D eigenvalue weighted by atomic mass is 9.75. The van der Waals surface area contributed by atoms with E-state index in [1.807, 2.05) is 20.8 Å². The Labute approximate surface area is 142 Å². The smallest absolute Gasteiger partial charge is 0.252 e. The summed E-state index contributed by atoms with van der Waals surface area (Å²) in [7, 11) is 0. The molecule has 1 fully saturated rings. The topological polar surface area (TPSA) is 29.1 Å². The van der Waals surface area contributed by atoms with Crippen molar-refractivity contribution in [1.82, 2.24) is 5.32 Å². The van der Waals surface area contributed by atoms with Crippen molar-refractivity contribution in [2.75, 3.05) is 0 Å². The first-order valence-corrected chi connectivity index (χ1v) is 8.57. The molecular formula is C20H25F2NO. The summed E-state index contributed by atoms with van der Waals surface area (Å²) in [6.07, 6.45) is 0.291. The number of amides is 1. The molecule has 24 heavy (non-hydrogen) atoms.